The van der Waals surface area contributed by atoms with Crippen LogP contribution in [0.15, 0.2) is 0 Å². The molecule has 1 fully saturated rings. The van der Waals surface area contributed by atoms with E-state index in [9.17, 15) is 4.79 Å². The van der Waals surface area contributed by atoms with Crippen LogP contribution in [0.25, 0.3) is 0 Å². The molecule has 76 valence electrons. The van der Waals surface area contributed by atoms with Gasteiger partial charge in [-0.15, -0.1) is 0 Å². The highest BCUT2D eigenvalue weighted by molar-refractivity contribution is 5.76. The summed E-state index contributed by atoms with van der Waals surface area (Å²) < 4.78 is 4.32. The number of ether oxygens (including phenoxy) is 1. The summed E-state index contributed by atoms with van der Waals surface area (Å²) in [4.78, 5) is 10.4. The molecule has 0 saturated carbocycles. The molecule has 5 N–H and O–H groups in total. The largest absolute Gasteiger partial charge is 0.477 e. The molecule has 0 aromatic carbocycles. The van der Waals surface area contributed by atoms with Gasteiger partial charge < -0.3 is 30.3 Å². The van der Waals surface area contributed by atoms with Gasteiger partial charge >= 0.3 is 5.97 Å². The molecule has 1 saturated heterocycles. The molecule has 0 spiro atoms. The van der Waals surface area contributed by atoms with E-state index in [-0.39, 0.29) is 0 Å². The van der Waals surface area contributed by atoms with Crippen LogP contribution in [0, 0.1) is 0 Å². The number of aliphatic carboxylic acids is 1. The number of carboxylic acid groups (broad SMARTS) is 1. The smallest absolute Gasteiger partial charge is 0.367 e. The Bertz CT molecular complexity index is 217. The van der Waals surface area contributed by atoms with Crippen LogP contribution in [0.2, 0.25) is 0 Å². The van der Waals surface area contributed by atoms with E-state index in [1.165, 1.54) is 0 Å². The Morgan fingerprint density at radius 3 is 2.38 bits per heavy atom. The number of aliphatic hydroxyl groups is 4. The van der Waals surface area contributed by atoms with E-state index in [0.29, 0.717) is 0 Å². The van der Waals surface area contributed by atoms with E-state index in [0.717, 1.165) is 0 Å². The summed E-state index contributed by atoms with van der Waals surface area (Å²) in [5, 5.41) is 44.6. The number of rotatable bonds is 1. The van der Waals surface area contributed by atoms with E-state index in [1.807, 2.05) is 0 Å². The fraction of sp³-hybridized carbons (Fsp3) is 0.833. The van der Waals surface area contributed by atoms with Gasteiger partial charge in [-0.05, 0) is 0 Å². The van der Waals surface area contributed by atoms with Crippen LogP contribution in [0.3, 0.4) is 0 Å². The molecule has 4 atom stereocenters. The van der Waals surface area contributed by atoms with Gasteiger partial charge in [-0.3, -0.25) is 0 Å². The summed E-state index contributed by atoms with van der Waals surface area (Å²) >= 11 is 0. The molecule has 0 aromatic heterocycles. The van der Waals surface area contributed by atoms with Crippen molar-refractivity contribution in [2.75, 3.05) is 6.61 Å². The van der Waals surface area contributed by atoms with Crippen LogP contribution >= 0.6 is 0 Å². The molecule has 1 rings (SSSR count). The first-order chi connectivity index (χ1) is 5.89. The summed E-state index contributed by atoms with van der Waals surface area (Å²) in [6, 6.07) is 0. The molecule has 0 aromatic rings. The van der Waals surface area contributed by atoms with Gasteiger partial charge in [-0.25, -0.2) is 4.79 Å². The lowest BCUT2D eigenvalue weighted by molar-refractivity contribution is -0.311. The first-order valence-corrected chi connectivity index (χ1v) is 3.53. The minimum atomic E-state index is -2.85. The summed E-state index contributed by atoms with van der Waals surface area (Å²) in [5.74, 6) is -4.66. The lowest BCUT2D eigenvalue weighted by Gasteiger charge is -2.38. The van der Waals surface area contributed by atoms with Crippen LogP contribution in [-0.4, -0.2) is 62.2 Å². The number of carbonyl (C=O) groups is 1. The molecule has 1 aliphatic rings. The van der Waals surface area contributed by atoms with Crippen molar-refractivity contribution in [3.8, 4) is 0 Å². The van der Waals surface area contributed by atoms with Gasteiger partial charge in [-0.1, -0.05) is 0 Å². The Morgan fingerprint density at radius 1 is 1.38 bits per heavy atom. The Hall–Kier alpha value is -0.730. The van der Waals surface area contributed by atoms with Crippen LogP contribution in [0.1, 0.15) is 0 Å². The molecule has 13 heavy (non-hydrogen) atoms. The minimum absolute atomic E-state index is 0.555. The normalized spacial score (nSPS) is 46.0. The average molecular weight is 194 g/mol. The van der Waals surface area contributed by atoms with Gasteiger partial charge in [0, 0.05) is 0 Å². The molecule has 1 aliphatic heterocycles. The van der Waals surface area contributed by atoms with Crippen LogP contribution in [0.4, 0.5) is 0 Å². The highest BCUT2D eigenvalue weighted by Crippen LogP contribution is 2.23. The first kappa shape index (κ1) is 10.4. The molecule has 0 amide bonds. The van der Waals surface area contributed by atoms with Crippen LogP contribution in [-0.2, 0) is 9.53 Å². The average Bonchev–Trinajstić information content (AvgIpc) is 2.08. The maximum Gasteiger partial charge on any atom is 0.367 e. The van der Waals surface area contributed by atoms with E-state index in [4.69, 9.17) is 25.5 Å². The zero-order valence-electron chi connectivity index (χ0n) is 6.49. The van der Waals surface area contributed by atoms with E-state index in [2.05, 4.69) is 4.74 Å². The Labute approximate surface area is 72.8 Å². The summed E-state index contributed by atoms with van der Waals surface area (Å²) in [5.41, 5.74) is 0. The lowest BCUT2D eigenvalue weighted by atomic mass is 9.97. The second kappa shape index (κ2) is 3.20. The van der Waals surface area contributed by atoms with Gasteiger partial charge in [0.1, 0.15) is 18.3 Å². The van der Waals surface area contributed by atoms with E-state index in [1.54, 1.807) is 0 Å². The van der Waals surface area contributed by atoms with E-state index < -0.39 is 36.7 Å². The van der Waals surface area contributed by atoms with Gasteiger partial charge in [0.2, 0.25) is 0 Å². The Kier molecular flexibility index (Phi) is 2.55. The van der Waals surface area contributed by atoms with Crippen molar-refractivity contribution in [1.82, 2.24) is 0 Å². The third-order valence-corrected chi connectivity index (χ3v) is 1.90. The van der Waals surface area contributed by atoms with Crippen molar-refractivity contribution in [1.29, 1.82) is 0 Å². The predicted molar refractivity (Wildman–Crippen MR) is 36.6 cm³/mol. The van der Waals surface area contributed by atoms with Crippen molar-refractivity contribution >= 4 is 5.97 Å². The topological polar surface area (TPSA) is 127 Å². The SMILES string of the molecule is O=C(O)[C@@]1(O)OC[C@H](O)[C@@H](O)[C@@H]1O. The highest BCUT2D eigenvalue weighted by atomic mass is 16.7. The van der Waals surface area contributed by atoms with Gasteiger partial charge in [0.15, 0.2) is 0 Å². The molecule has 0 bridgehead atoms. The molecule has 0 unspecified atom stereocenters. The monoisotopic (exact) mass is 194 g/mol. The Morgan fingerprint density at radius 2 is 1.92 bits per heavy atom. The van der Waals surface area contributed by atoms with Gasteiger partial charge in [0.25, 0.3) is 5.79 Å². The zero-order valence-corrected chi connectivity index (χ0v) is 6.49. The van der Waals surface area contributed by atoms with Crippen molar-refractivity contribution in [3.63, 3.8) is 0 Å². The summed E-state index contributed by atoms with van der Waals surface area (Å²) in [6.45, 7) is -0.555. The van der Waals surface area contributed by atoms with Crippen molar-refractivity contribution in [3.05, 3.63) is 0 Å². The second-order valence-electron chi connectivity index (χ2n) is 2.82. The molecular formula is C6H10O7. The number of carboxylic acids is 1. The second-order valence-corrected chi connectivity index (χ2v) is 2.82. The van der Waals surface area contributed by atoms with Crippen molar-refractivity contribution < 1.29 is 35.1 Å². The molecule has 0 aliphatic carbocycles. The quantitative estimate of drug-likeness (QED) is 0.298. The van der Waals surface area contributed by atoms with Crippen LogP contribution in [0.5, 0.6) is 0 Å². The molecule has 7 nitrogen and oxygen atoms in total. The van der Waals surface area contributed by atoms with Crippen molar-refractivity contribution in [2.45, 2.75) is 24.1 Å². The standard InChI is InChI=1S/C6H10O7/c7-2-1-13-6(12,5(10)11)4(9)3(2)8/h2-4,7-9,12H,1H2,(H,10,11)/t2-,3+,4-,6-/m0/s1. The molecule has 0 radical (unpaired) electrons. The minimum Gasteiger partial charge on any atom is -0.477 e. The maximum atomic E-state index is 10.4. The first-order valence-electron chi connectivity index (χ1n) is 3.53. The van der Waals surface area contributed by atoms with Gasteiger partial charge in [0.05, 0.1) is 6.61 Å². The fourth-order valence-corrected chi connectivity index (χ4v) is 1.03. The third kappa shape index (κ3) is 1.52. The highest BCUT2D eigenvalue weighted by Gasteiger charge is 2.54. The molecular weight excluding hydrogens is 184 g/mol. The van der Waals surface area contributed by atoms with Crippen LogP contribution < -0.4 is 0 Å². The van der Waals surface area contributed by atoms with E-state index >= 15 is 0 Å². The lowest BCUT2D eigenvalue weighted by Crippen LogP contribution is -2.64. The summed E-state index contributed by atoms with van der Waals surface area (Å²) in [6.07, 6.45) is -5.22. The van der Waals surface area contributed by atoms with Crippen molar-refractivity contribution in [2.24, 2.45) is 0 Å². The predicted octanol–water partition coefficient (Wildman–Crippen LogP) is -3.13. The molecule has 1 heterocycles. The summed E-state index contributed by atoms with van der Waals surface area (Å²) in [7, 11) is 0. The fourth-order valence-electron chi connectivity index (χ4n) is 1.03. The van der Waals surface area contributed by atoms with Gasteiger partial charge in [-0.2, -0.15) is 0 Å². The maximum absolute atomic E-state index is 10.4. The Balaban J connectivity index is 2.85. The zero-order chi connectivity index (χ0) is 10.2. The number of hydrogen-bond donors (Lipinski definition) is 5. The molecule has 7 heteroatoms. The number of aliphatic hydroxyl groups excluding tert-OH is 3. The third-order valence-electron chi connectivity index (χ3n) is 1.90. The number of hydrogen-bond acceptors (Lipinski definition) is 6.